The lowest BCUT2D eigenvalue weighted by Gasteiger charge is -2.29. The number of carbonyl (C=O) groups is 1. The fourth-order valence-corrected chi connectivity index (χ4v) is 4.89. The zero-order valence-corrected chi connectivity index (χ0v) is 13.8. The van der Waals surface area contributed by atoms with Crippen LogP contribution in [0, 0.1) is 5.92 Å². The Hall–Kier alpha value is -1.37. The summed E-state index contributed by atoms with van der Waals surface area (Å²) in [5.41, 5.74) is 0.897. The van der Waals surface area contributed by atoms with Crippen LogP contribution in [0.1, 0.15) is 31.7 Å². The normalized spacial score (nSPS) is 25.0. The van der Waals surface area contributed by atoms with Crippen molar-refractivity contribution in [1.29, 1.82) is 0 Å². The summed E-state index contributed by atoms with van der Waals surface area (Å²) < 4.78 is 25.9. The topological polar surface area (TPSA) is 72.3 Å². The summed E-state index contributed by atoms with van der Waals surface area (Å²) in [7, 11) is -3.02. The van der Waals surface area contributed by atoms with Crippen molar-refractivity contribution in [1.82, 2.24) is 14.7 Å². The summed E-state index contributed by atoms with van der Waals surface area (Å²) in [6.45, 7) is 3.34. The number of rotatable bonds is 4. The molecule has 1 saturated carbocycles. The molecule has 0 spiro atoms. The summed E-state index contributed by atoms with van der Waals surface area (Å²) in [5, 5.41) is 4.19. The molecule has 6 nitrogen and oxygen atoms in total. The van der Waals surface area contributed by atoms with E-state index in [9.17, 15) is 13.2 Å². The first-order valence-electron chi connectivity index (χ1n) is 8.00. The molecule has 7 heteroatoms. The SMILES string of the molecule is CCn1cc(CC(=O)N2CCCS(=O)(=O)CC2C2CC2)cn1. The van der Waals surface area contributed by atoms with E-state index in [4.69, 9.17) is 0 Å². The molecule has 1 unspecified atom stereocenters. The first-order chi connectivity index (χ1) is 10.5. The Bertz CT molecular complexity index is 649. The first-order valence-corrected chi connectivity index (χ1v) is 9.82. The van der Waals surface area contributed by atoms with Crippen molar-refractivity contribution in [2.24, 2.45) is 5.92 Å². The summed E-state index contributed by atoms with van der Waals surface area (Å²) >= 11 is 0. The zero-order valence-electron chi connectivity index (χ0n) is 12.9. The van der Waals surface area contributed by atoms with Crippen molar-refractivity contribution in [3.8, 4) is 0 Å². The number of aryl methyl sites for hydroxylation is 1. The lowest BCUT2D eigenvalue weighted by atomic mass is 10.1. The average Bonchev–Trinajstić information content (AvgIpc) is 3.23. The van der Waals surface area contributed by atoms with Gasteiger partial charge in [-0.05, 0) is 37.7 Å². The molecule has 1 aliphatic carbocycles. The monoisotopic (exact) mass is 325 g/mol. The number of hydrogen-bond donors (Lipinski definition) is 0. The van der Waals surface area contributed by atoms with Crippen molar-refractivity contribution in [2.45, 2.75) is 45.2 Å². The minimum Gasteiger partial charge on any atom is -0.338 e. The van der Waals surface area contributed by atoms with E-state index in [0.29, 0.717) is 25.3 Å². The van der Waals surface area contributed by atoms with E-state index in [1.807, 2.05) is 18.0 Å². The van der Waals surface area contributed by atoms with Crippen molar-refractivity contribution in [2.75, 3.05) is 18.1 Å². The molecule has 122 valence electrons. The molecule has 0 aromatic carbocycles. The molecule has 1 saturated heterocycles. The van der Waals surface area contributed by atoms with Crippen LogP contribution in [-0.4, -0.2) is 53.1 Å². The number of carbonyl (C=O) groups excluding carboxylic acids is 1. The Labute approximate surface area is 131 Å². The van der Waals surface area contributed by atoms with Gasteiger partial charge in [0.2, 0.25) is 5.91 Å². The number of sulfone groups is 1. The van der Waals surface area contributed by atoms with Gasteiger partial charge in [-0.15, -0.1) is 0 Å². The molecule has 0 radical (unpaired) electrons. The molecule has 1 amide bonds. The summed E-state index contributed by atoms with van der Waals surface area (Å²) in [6, 6.07) is -0.124. The highest BCUT2D eigenvalue weighted by molar-refractivity contribution is 7.91. The number of amides is 1. The van der Waals surface area contributed by atoms with Gasteiger partial charge in [0.1, 0.15) is 0 Å². The number of aromatic nitrogens is 2. The highest BCUT2D eigenvalue weighted by atomic mass is 32.2. The molecule has 0 N–H and O–H groups in total. The molecule has 22 heavy (non-hydrogen) atoms. The second kappa shape index (κ2) is 6.02. The maximum atomic E-state index is 12.7. The minimum atomic E-state index is -3.02. The van der Waals surface area contributed by atoms with Crippen molar-refractivity contribution >= 4 is 15.7 Å². The predicted octanol–water partition coefficient (Wildman–Crippen LogP) is 0.871. The van der Waals surface area contributed by atoms with Gasteiger partial charge in [-0.2, -0.15) is 5.10 Å². The summed E-state index contributed by atoms with van der Waals surface area (Å²) in [6.07, 6.45) is 6.55. The third kappa shape index (κ3) is 3.51. The van der Waals surface area contributed by atoms with E-state index in [2.05, 4.69) is 5.10 Å². The van der Waals surface area contributed by atoms with Gasteiger partial charge >= 0.3 is 0 Å². The third-order valence-corrected chi connectivity index (χ3v) is 6.29. The van der Waals surface area contributed by atoms with Crippen LogP contribution < -0.4 is 0 Å². The highest BCUT2D eigenvalue weighted by Crippen LogP contribution is 2.37. The smallest absolute Gasteiger partial charge is 0.227 e. The Morgan fingerprint density at radius 2 is 2.18 bits per heavy atom. The zero-order chi connectivity index (χ0) is 15.7. The van der Waals surface area contributed by atoms with Crippen molar-refractivity contribution in [3.63, 3.8) is 0 Å². The van der Waals surface area contributed by atoms with Gasteiger partial charge in [-0.25, -0.2) is 8.42 Å². The van der Waals surface area contributed by atoms with Crippen LogP contribution >= 0.6 is 0 Å². The lowest BCUT2D eigenvalue weighted by molar-refractivity contribution is -0.132. The molecular formula is C15H23N3O3S. The van der Waals surface area contributed by atoms with Crippen LogP contribution in [0.5, 0.6) is 0 Å². The molecule has 3 rings (SSSR count). The molecular weight excluding hydrogens is 302 g/mol. The molecule has 2 fully saturated rings. The van der Waals surface area contributed by atoms with Gasteiger partial charge in [0.25, 0.3) is 0 Å². The van der Waals surface area contributed by atoms with Crippen LogP contribution in [0.2, 0.25) is 0 Å². The molecule has 1 atom stereocenters. The van der Waals surface area contributed by atoms with Gasteiger partial charge in [-0.1, -0.05) is 0 Å². The fourth-order valence-electron chi connectivity index (χ4n) is 3.18. The molecule has 2 heterocycles. The largest absolute Gasteiger partial charge is 0.338 e. The second-order valence-corrected chi connectivity index (χ2v) is 8.57. The van der Waals surface area contributed by atoms with Crippen LogP contribution in [0.3, 0.4) is 0 Å². The Balaban J connectivity index is 1.74. The van der Waals surface area contributed by atoms with E-state index >= 15 is 0 Å². The highest BCUT2D eigenvalue weighted by Gasteiger charge is 2.41. The second-order valence-electron chi connectivity index (χ2n) is 6.34. The van der Waals surface area contributed by atoms with Crippen LogP contribution in [-0.2, 0) is 27.6 Å². The maximum absolute atomic E-state index is 12.7. The first kappa shape index (κ1) is 15.5. The van der Waals surface area contributed by atoms with Gasteiger partial charge < -0.3 is 4.90 Å². The van der Waals surface area contributed by atoms with Crippen molar-refractivity contribution in [3.05, 3.63) is 18.0 Å². The molecule has 1 aromatic heterocycles. The van der Waals surface area contributed by atoms with E-state index in [-0.39, 0.29) is 23.5 Å². The van der Waals surface area contributed by atoms with Gasteiger partial charge in [0.05, 0.1) is 24.1 Å². The summed E-state index contributed by atoms with van der Waals surface area (Å²) in [4.78, 5) is 14.5. The van der Waals surface area contributed by atoms with Gasteiger partial charge in [0.15, 0.2) is 9.84 Å². The standard InChI is InChI=1S/C15H23N3O3S/c1-2-17-10-12(9-16-17)8-15(19)18-6-3-7-22(20,21)11-14(18)13-4-5-13/h9-10,13-14H,2-8,11H2,1H3. The van der Waals surface area contributed by atoms with Crippen molar-refractivity contribution < 1.29 is 13.2 Å². The lowest BCUT2D eigenvalue weighted by Crippen LogP contribution is -2.44. The molecule has 2 aliphatic rings. The third-order valence-electron chi connectivity index (χ3n) is 4.53. The number of nitrogens with zero attached hydrogens (tertiary/aromatic N) is 3. The van der Waals surface area contributed by atoms with E-state index < -0.39 is 9.84 Å². The van der Waals surface area contributed by atoms with Crippen LogP contribution in [0.4, 0.5) is 0 Å². The molecule has 1 aliphatic heterocycles. The van der Waals surface area contributed by atoms with Crippen LogP contribution in [0.25, 0.3) is 0 Å². The van der Waals surface area contributed by atoms with Crippen LogP contribution in [0.15, 0.2) is 12.4 Å². The van der Waals surface area contributed by atoms with E-state index in [1.54, 1.807) is 10.9 Å². The van der Waals surface area contributed by atoms with Gasteiger partial charge in [-0.3, -0.25) is 9.48 Å². The predicted molar refractivity (Wildman–Crippen MR) is 83.1 cm³/mol. The number of hydrogen-bond acceptors (Lipinski definition) is 4. The Morgan fingerprint density at radius 1 is 1.41 bits per heavy atom. The Morgan fingerprint density at radius 3 is 2.82 bits per heavy atom. The molecule has 0 bridgehead atoms. The fraction of sp³-hybridized carbons (Fsp3) is 0.733. The van der Waals surface area contributed by atoms with E-state index in [0.717, 1.165) is 24.9 Å². The quantitative estimate of drug-likeness (QED) is 0.823. The Kier molecular flexibility index (Phi) is 4.25. The maximum Gasteiger partial charge on any atom is 0.227 e. The van der Waals surface area contributed by atoms with Gasteiger partial charge in [0, 0.05) is 25.3 Å². The minimum absolute atomic E-state index is 0.0321. The average molecular weight is 325 g/mol. The molecule has 1 aromatic rings. The van der Waals surface area contributed by atoms with E-state index in [1.165, 1.54) is 0 Å². The summed E-state index contributed by atoms with van der Waals surface area (Å²) in [5.74, 6) is 0.741.